The van der Waals surface area contributed by atoms with Gasteiger partial charge in [-0.2, -0.15) is 0 Å². The maximum atomic E-state index is 12.4. The lowest BCUT2D eigenvalue weighted by Crippen LogP contribution is -2.36. The summed E-state index contributed by atoms with van der Waals surface area (Å²) in [5.41, 5.74) is 1.37. The summed E-state index contributed by atoms with van der Waals surface area (Å²) in [4.78, 5) is 24.7. The van der Waals surface area contributed by atoms with Crippen LogP contribution < -0.4 is 0 Å². The van der Waals surface area contributed by atoms with Crippen LogP contribution in [-0.4, -0.2) is 35.0 Å². The predicted molar refractivity (Wildman–Crippen MR) is 79.2 cm³/mol. The first-order valence-corrected chi connectivity index (χ1v) is 6.96. The van der Waals surface area contributed by atoms with Gasteiger partial charge in [0, 0.05) is 23.7 Å². The van der Waals surface area contributed by atoms with Crippen molar-refractivity contribution >= 4 is 23.5 Å². The maximum absolute atomic E-state index is 12.4. The van der Waals surface area contributed by atoms with Gasteiger partial charge in [0.2, 0.25) is 0 Å². The van der Waals surface area contributed by atoms with E-state index in [1.165, 1.54) is 0 Å². The number of nitrogens with zero attached hydrogens (tertiary/aromatic N) is 1. The number of benzene rings is 1. The van der Waals surface area contributed by atoms with Gasteiger partial charge in [-0.25, -0.2) is 0 Å². The topological polar surface area (TPSA) is 57.6 Å². The summed E-state index contributed by atoms with van der Waals surface area (Å²) in [6.45, 7) is 6.58. The number of aryl methyl sites for hydroxylation is 1. The lowest BCUT2D eigenvalue weighted by atomic mass is 10.1. The third-order valence-electron chi connectivity index (χ3n) is 2.87. The standard InChI is InChI=1S/C15H20ClNO3/c1-10(2)9-17(7-6-14(18)19)15(20)12-4-5-13(16)11(3)8-12/h4-5,8,10H,6-7,9H2,1-3H3,(H,18,19). The largest absolute Gasteiger partial charge is 0.481 e. The highest BCUT2D eigenvalue weighted by molar-refractivity contribution is 6.31. The smallest absolute Gasteiger partial charge is 0.305 e. The Hall–Kier alpha value is -1.55. The molecule has 0 atom stereocenters. The summed E-state index contributed by atoms with van der Waals surface area (Å²) < 4.78 is 0. The van der Waals surface area contributed by atoms with Crippen molar-refractivity contribution < 1.29 is 14.7 Å². The highest BCUT2D eigenvalue weighted by atomic mass is 35.5. The van der Waals surface area contributed by atoms with Crippen molar-refractivity contribution in [3.05, 3.63) is 34.3 Å². The normalized spacial score (nSPS) is 10.7. The first kappa shape index (κ1) is 16.5. The minimum Gasteiger partial charge on any atom is -0.481 e. The molecule has 0 fully saturated rings. The minimum absolute atomic E-state index is 0.0506. The van der Waals surface area contributed by atoms with E-state index in [0.29, 0.717) is 17.1 Å². The van der Waals surface area contributed by atoms with E-state index in [2.05, 4.69) is 0 Å². The SMILES string of the molecule is Cc1cc(C(=O)N(CCC(=O)O)CC(C)C)ccc1Cl. The number of carbonyl (C=O) groups excluding carboxylic acids is 1. The molecule has 4 nitrogen and oxygen atoms in total. The summed E-state index contributed by atoms with van der Waals surface area (Å²) in [5, 5.41) is 9.39. The molecule has 1 aromatic rings. The third kappa shape index (κ3) is 4.85. The van der Waals surface area contributed by atoms with Gasteiger partial charge >= 0.3 is 5.97 Å². The van der Waals surface area contributed by atoms with Gasteiger partial charge in [-0.05, 0) is 36.6 Å². The van der Waals surface area contributed by atoms with Gasteiger partial charge in [0.1, 0.15) is 0 Å². The van der Waals surface area contributed by atoms with Crippen molar-refractivity contribution in [1.82, 2.24) is 4.90 Å². The van der Waals surface area contributed by atoms with Gasteiger partial charge in [0.15, 0.2) is 0 Å². The fourth-order valence-corrected chi connectivity index (χ4v) is 2.02. The number of carboxylic acids is 1. The van der Waals surface area contributed by atoms with Crippen LogP contribution in [0.1, 0.15) is 36.2 Å². The van der Waals surface area contributed by atoms with Crippen molar-refractivity contribution in [2.24, 2.45) is 5.92 Å². The van der Waals surface area contributed by atoms with Crippen LogP contribution in [0.25, 0.3) is 0 Å². The Labute approximate surface area is 124 Å². The molecule has 0 spiro atoms. The van der Waals surface area contributed by atoms with Crippen molar-refractivity contribution in [2.45, 2.75) is 27.2 Å². The Balaban J connectivity index is 2.90. The second kappa shape index (κ2) is 7.29. The van der Waals surface area contributed by atoms with Gasteiger partial charge in [0.25, 0.3) is 5.91 Å². The number of rotatable bonds is 6. The van der Waals surface area contributed by atoms with E-state index in [1.54, 1.807) is 23.1 Å². The van der Waals surface area contributed by atoms with Gasteiger partial charge in [-0.15, -0.1) is 0 Å². The van der Waals surface area contributed by atoms with Crippen LogP contribution in [0.5, 0.6) is 0 Å². The van der Waals surface area contributed by atoms with Gasteiger partial charge in [-0.3, -0.25) is 9.59 Å². The lowest BCUT2D eigenvalue weighted by molar-refractivity contribution is -0.137. The first-order valence-electron chi connectivity index (χ1n) is 6.58. The van der Waals surface area contributed by atoms with E-state index in [9.17, 15) is 9.59 Å². The highest BCUT2D eigenvalue weighted by Gasteiger charge is 2.18. The molecule has 1 aromatic carbocycles. The van der Waals surface area contributed by atoms with E-state index < -0.39 is 5.97 Å². The zero-order chi connectivity index (χ0) is 15.3. The fourth-order valence-electron chi connectivity index (χ4n) is 1.91. The summed E-state index contributed by atoms with van der Waals surface area (Å²) >= 11 is 5.95. The summed E-state index contributed by atoms with van der Waals surface area (Å²) in [6.07, 6.45) is -0.0506. The molecule has 0 bridgehead atoms. The molecule has 0 unspecified atom stereocenters. The van der Waals surface area contributed by atoms with Crippen LogP contribution in [-0.2, 0) is 4.79 Å². The zero-order valence-electron chi connectivity index (χ0n) is 12.0. The molecular weight excluding hydrogens is 278 g/mol. The number of carboxylic acid groups (broad SMARTS) is 1. The summed E-state index contributed by atoms with van der Waals surface area (Å²) in [5.74, 6) is -0.778. The Kier molecular flexibility index (Phi) is 6.02. The average molecular weight is 298 g/mol. The second-order valence-electron chi connectivity index (χ2n) is 5.25. The predicted octanol–water partition coefficient (Wildman–Crippen LogP) is 3.22. The molecular formula is C15H20ClNO3. The number of hydrogen-bond donors (Lipinski definition) is 1. The van der Waals surface area contributed by atoms with Crippen LogP contribution in [0.15, 0.2) is 18.2 Å². The third-order valence-corrected chi connectivity index (χ3v) is 3.30. The first-order chi connectivity index (χ1) is 9.31. The van der Waals surface area contributed by atoms with E-state index in [1.807, 2.05) is 20.8 Å². The van der Waals surface area contributed by atoms with Crippen LogP contribution in [0.4, 0.5) is 0 Å². The lowest BCUT2D eigenvalue weighted by Gasteiger charge is -2.24. The molecule has 20 heavy (non-hydrogen) atoms. The molecule has 1 N–H and O–H groups in total. The molecule has 0 aliphatic carbocycles. The summed E-state index contributed by atoms with van der Waals surface area (Å²) in [6, 6.07) is 5.10. The number of halogens is 1. The highest BCUT2D eigenvalue weighted by Crippen LogP contribution is 2.18. The molecule has 0 saturated heterocycles. The van der Waals surface area contributed by atoms with Crippen LogP contribution in [0, 0.1) is 12.8 Å². The fraction of sp³-hybridized carbons (Fsp3) is 0.467. The Morgan fingerprint density at radius 2 is 2.00 bits per heavy atom. The van der Waals surface area contributed by atoms with Gasteiger partial charge < -0.3 is 10.0 Å². The molecule has 0 aliphatic rings. The molecule has 0 heterocycles. The number of carbonyl (C=O) groups is 2. The summed E-state index contributed by atoms with van der Waals surface area (Å²) in [7, 11) is 0. The molecule has 110 valence electrons. The quantitative estimate of drug-likeness (QED) is 0.877. The Morgan fingerprint density at radius 1 is 1.35 bits per heavy atom. The molecule has 0 saturated carbocycles. The zero-order valence-corrected chi connectivity index (χ0v) is 12.8. The molecule has 0 aromatic heterocycles. The minimum atomic E-state index is -0.904. The molecule has 5 heteroatoms. The molecule has 1 amide bonds. The van der Waals surface area contributed by atoms with Crippen LogP contribution in [0.2, 0.25) is 5.02 Å². The van der Waals surface area contributed by atoms with Crippen molar-refractivity contribution in [1.29, 1.82) is 0 Å². The van der Waals surface area contributed by atoms with Crippen LogP contribution in [0.3, 0.4) is 0 Å². The van der Waals surface area contributed by atoms with E-state index in [-0.39, 0.29) is 24.8 Å². The van der Waals surface area contributed by atoms with Crippen LogP contribution >= 0.6 is 11.6 Å². The average Bonchev–Trinajstić information content (AvgIpc) is 2.36. The van der Waals surface area contributed by atoms with Gasteiger partial charge in [0.05, 0.1) is 6.42 Å². The number of amides is 1. The molecule has 0 radical (unpaired) electrons. The number of hydrogen-bond acceptors (Lipinski definition) is 2. The molecule has 1 rings (SSSR count). The van der Waals surface area contributed by atoms with E-state index in [4.69, 9.17) is 16.7 Å². The Morgan fingerprint density at radius 3 is 2.50 bits per heavy atom. The molecule has 0 aliphatic heterocycles. The van der Waals surface area contributed by atoms with Gasteiger partial charge in [-0.1, -0.05) is 25.4 Å². The Bertz CT molecular complexity index is 500. The number of aliphatic carboxylic acids is 1. The maximum Gasteiger partial charge on any atom is 0.305 e. The van der Waals surface area contributed by atoms with E-state index >= 15 is 0 Å². The second-order valence-corrected chi connectivity index (χ2v) is 5.66. The van der Waals surface area contributed by atoms with Crippen molar-refractivity contribution in [3.63, 3.8) is 0 Å². The van der Waals surface area contributed by atoms with E-state index in [0.717, 1.165) is 5.56 Å². The van der Waals surface area contributed by atoms with Crippen molar-refractivity contribution in [2.75, 3.05) is 13.1 Å². The van der Waals surface area contributed by atoms with Crippen molar-refractivity contribution in [3.8, 4) is 0 Å². The monoisotopic (exact) mass is 297 g/mol.